The fourth-order valence-corrected chi connectivity index (χ4v) is 4.01. The minimum Gasteiger partial charge on any atom is -0.352 e. The monoisotopic (exact) mass is 324 g/mol. The van der Waals surface area contributed by atoms with Crippen LogP contribution in [0.2, 0.25) is 0 Å². The molecule has 6 heteroatoms. The van der Waals surface area contributed by atoms with Crippen molar-refractivity contribution in [1.82, 2.24) is 10.6 Å². The van der Waals surface area contributed by atoms with E-state index in [1.165, 1.54) is 5.56 Å². The summed E-state index contributed by atoms with van der Waals surface area (Å²) in [6.45, 7) is 5.53. The smallest absolute Gasteiger partial charge is 0.221 e. The van der Waals surface area contributed by atoms with Crippen molar-refractivity contribution in [1.29, 1.82) is 0 Å². The fraction of sp³-hybridized carbons (Fsp3) is 0.562. The Kier molecular flexibility index (Phi) is 5.58. The van der Waals surface area contributed by atoms with Crippen LogP contribution in [0.1, 0.15) is 37.3 Å². The quantitative estimate of drug-likeness (QED) is 0.853. The molecule has 1 unspecified atom stereocenters. The number of nitrogens with one attached hydrogen (secondary N) is 2. The van der Waals surface area contributed by atoms with E-state index in [0.717, 1.165) is 5.56 Å². The van der Waals surface area contributed by atoms with E-state index in [1.54, 1.807) is 0 Å². The predicted molar refractivity (Wildman–Crippen MR) is 87.4 cm³/mol. The zero-order valence-corrected chi connectivity index (χ0v) is 13.9. The van der Waals surface area contributed by atoms with Crippen LogP contribution in [0, 0.1) is 0 Å². The van der Waals surface area contributed by atoms with Gasteiger partial charge in [-0.15, -0.1) is 0 Å². The molecular weight excluding hydrogens is 300 g/mol. The zero-order chi connectivity index (χ0) is 16.2. The van der Waals surface area contributed by atoms with Crippen LogP contribution in [0.15, 0.2) is 24.3 Å². The highest BCUT2D eigenvalue weighted by Crippen LogP contribution is 2.15. The first-order valence-corrected chi connectivity index (χ1v) is 9.38. The van der Waals surface area contributed by atoms with Gasteiger partial charge in [0.25, 0.3) is 0 Å². The highest BCUT2D eigenvalue weighted by molar-refractivity contribution is 7.92. The molecule has 1 atom stereocenters. The van der Waals surface area contributed by atoms with Crippen LogP contribution in [-0.2, 0) is 21.2 Å². The Morgan fingerprint density at radius 3 is 2.59 bits per heavy atom. The second kappa shape index (κ2) is 7.24. The highest BCUT2D eigenvalue weighted by Gasteiger charge is 2.30. The molecule has 1 aliphatic heterocycles. The Morgan fingerprint density at radius 2 is 2.00 bits per heavy atom. The van der Waals surface area contributed by atoms with Crippen molar-refractivity contribution in [2.24, 2.45) is 0 Å². The first-order chi connectivity index (χ1) is 10.4. The molecule has 1 aromatic rings. The molecule has 1 aromatic carbocycles. The third-order valence-electron chi connectivity index (χ3n) is 3.99. The number of hydrogen-bond acceptors (Lipinski definition) is 4. The summed E-state index contributed by atoms with van der Waals surface area (Å²) in [4.78, 5) is 11.9. The molecule has 1 heterocycles. The maximum Gasteiger partial charge on any atom is 0.221 e. The van der Waals surface area contributed by atoms with Crippen LogP contribution in [0.3, 0.4) is 0 Å². The minimum absolute atomic E-state index is 0.0272. The van der Waals surface area contributed by atoms with Gasteiger partial charge in [-0.3, -0.25) is 4.79 Å². The van der Waals surface area contributed by atoms with Crippen LogP contribution in [0.4, 0.5) is 0 Å². The second-order valence-electron chi connectivity index (χ2n) is 6.07. The molecule has 22 heavy (non-hydrogen) atoms. The molecular formula is C16H24N2O3S. The normalized spacial score (nSPS) is 20.8. The van der Waals surface area contributed by atoms with Crippen molar-refractivity contribution in [2.45, 2.75) is 38.0 Å². The molecule has 1 amide bonds. The Balaban J connectivity index is 1.85. The van der Waals surface area contributed by atoms with Gasteiger partial charge in [-0.25, -0.2) is 8.42 Å². The average molecular weight is 324 g/mol. The van der Waals surface area contributed by atoms with E-state index in [4.69, 9.17) is 0 Å². The molecule has 1 fully saturated rings. The lowest BCUT2D eigenvalue weighted by molar-refractivity contribution is -0.121. The van der Waals surface area contributed by atoms with Crippen molar-refractivity contribution >= 4 is 15.7 Å². The van der Waals surface area contributed by atoms with Crippen LogP contribution < -0.4 is 10.6 Å². The van der Waals surface area contributed by atoms with Crippen LogP contribution in [0.25, 0.3) is 0 Å². The Morgan fingerprint density at radius 1 is 1.32 bits per heavy atom. The van der Waals surface area contributed by atoms with E-state index < -0.39 is 15.1 Å². The van der Waals surface area contributed by atoms with E-state index in [2.05, 4.69) is 36.6 Å². The molecule has 2 N–H and O–H groups in total. The number of carbonyl (C=O) groups is 1. The maximum absolute atomic E-state index is 11.9. The molecule has 1 aliphatic rings. The SMILES string of the molecule is CC(C)c1ccc(CNC(=O)CC2CNCCS2(=O)=O)cc1. The Hall–Kier alpha value is -1.40. The topological polar surface area (TPSA) is 75.3 Å². The Labute approximate surface area is 132 Å². The molecule has 0 aliphatic carbocycles. The van der Waals surface area contributed by atoms with Gasteiger partial charge in [-0.2, -0.15) is 0 Å². The van der Waals surface area contributed by atoms with Crippen molar-refractivity contribution in [3.05, 3.63) is 35.4 Å². The fourth-order valence-electron chi connectivity index (χ4n) is 2.47. The minimum atomic E-state index is -3.14. The summed E-state index contributed by atoms with van der Waals surface area (Å²) in [6, 6.07) is 8.10. The lowest BCUT2D eigenvalue weighted by atomic mass is 10.0. The van der Waals surface area contributed by atoms with Gasteiger partial charge in [0.2, 0.25) is 5.91 Å². The number of amides is 1. The summed E-state index contributed by atoms with van der Waals surface area (Å²) in [5, 5.41) is 5.22. The van der Waals surface area contributed by atoms with Crippen molar-refractivity contribution < 1.29 is 13.2 Å². The van der Waals surface area contributed by atoms with Gasteiger partial charge < -0.3 is 10.6 Å². The molecule has 0 radical (unpaired) electrons. The summed E-state index contributed by atoms with van der Waals surface area (Å²) in [7, 11) is -3.14. The third kappa shape index (κ3) is 4.55. The summed E-state index contributed by atoms with van der Waals surface area (Å²) >= 11 is 0. The largest absolute Gasteiger partial charge is 0.352 e. The van der Waals surface area contributed by atoms with Crippen LogP contribution in [0.5, 0.6) is 0 Å². The lowest BCUT2D eigenvalue weighted by Crippen LogP contribution is -2.46. The standard InChI is InChI=1S/C16H24N2O3S/c1-12(2)14-5-3-13(4-6-14)10-18-16(19)9-15-11-17-7-8-22(15,20)21/h3-6,12,15,17H,7-11H2,1-2H3,(H,18,19). The van der Waals surface area contributed by atoms with Crippen molar-refractivity contribution in [3.63, 3.8) is 0 Å². The van der Waals surface area contributed by atoms with Gasteiger partial charge in [0.15, 0.2) is 9.84 Å². The number of benzene rings is 1. The average Bonchev–Trinajstić information content (AvgIpc) is 2.47. The third-order valence-corrected chi connectivity index (χ3v) is 6.11. The molecule has 5 nitrogen and oxygen atoms in total. The van der Waals surface area contributed by atoms with Gasteiger partial charge in [0, 0.05) is 26.1 Å². The number of rotatable bonds is 5. The van der Waals surface area contributed by atoms with E-state index in [1.807, 2.05) is 12.1 Å². The number of hydrogen-bond donors (Lipinski definition) is 2. The van der Waals surface area contributed by atoms with Crippen LogP contribution in [-0.4, -0.2) is 38.4 Å². The summed E-state index contributed by atoms with van der Waals surface area (Å²) < 4.78 is 23.7. The van der Waals surface area contributed by atoms with Gasteiger partial charge in [-0.1, -0.05) is 38.1 Å². The molecule has 122 valence electrons. The molecule has 0 bridgehead atoms. The first-order valence-electron chi connectivity index (χ1n) is 7.66. The molecule has 0 saturated carbocycles. The number of sulfone groups is 1. The maximum atomic E-state index is 11.9. The Bertz CT molecular complexity index is 609. The lowest BCUT2D eigenvalue weighted by Gasteiger charge is -2.22. The van der Waals surface area contributed by atoms with Gasteiger partial charge in [-0.05, 0) is 17.0 Å². The van der Waals surface area contributed by atoms with Crippen LogP contribution >= 0.6 is 0 Å². The second-order valence-corrected chi connectivity index (χ2v) is 8.47. The molecule has 2 rings (SSSR count). The zero-order valence-electron chi connectivity index (χ0n) is 13.1. The van der Waals surface area contributed by atoms with E-state index in [9.17, 15) is 13.2 Å². The summed E-state index contributed by atoms with van der Waals surface area (Å²) in [5.41, 5.74) is 2.27. The highest BCUT2D eigenvalue weighted by atomic mass is 32.2. The van der Waals surface area contributed by atoms with Gasteiger partial charge >= 0.3 is 0 Å². The van der Waals surface area contributed by atoms with E-state index in [-0.39, 0.29) is 18.1 Å². The van der Waals surface area contributed by atoms with E-state index in [0.29, 0.717) is 25.6 Å². The molecule has 0 spiro atoms. The van der Waals surface area contributed by atoms with E-state index >= 15 is 0 Å². The summed E-state index contributed by atoms with van der Waals surface area (Å²) in [6.07, 6.45) is 0.0272. The first kappa shape index (κ1) is 17.0. The van der Waals surface area contributed by atoms with Crippen molar-refractivity contribution in [2.75, 3.05) is 18.8 Å². The van der Waals surface area contributed by atoms with Gasteiger partial charge in [0.1, 0.15) is 0 Å². The van der Waals surface area contributed by atoms with Crippen molar-refractivity contribution in [3.8, 4) is 0 Å². The molecule has 0 aromatic heterocycles. The summed E-state index contributed by atoms with van der Waals surface area (Å²) in [5.74, 6) is 0.375. The predicted octanol–water partition coefficient (Wildman–Crippen LogP) is 1.20. The molecule has 1 saturated heterocycles. The number of carbonyl (C=O) groups excluding carboxylic acids is 1. The van der Waals surface area contributed by atoms with Gasteiger partial charge in [0.05, 0.1) is 11.0 Å².